The van der Waals surface area contributed by atoms with Crippen LogP contribution in [0.3, 0.4) is 0 Å². The van der Waals surface area contributed by atoms with Gasteiger partial charge in [0.05, 0.1) is 28.6 Å². The molecule has 0 fully saturated rings. The molecule has 3 N–H and O–H groups in total. The average Bonchev–Trinajstić information content (AvgIpc) is 3.11. The van der Waals surface area contributed by atoms with Gasteiger partial charge in [-0.25, -0.2) is 4.79 Å². The van der Waals surface area contributed by atoms with Crippen LogP contribution in [0.1, 0.15) is 33.6 Å². The minimum Gasteiger partial charge on any atom is -0.462 e. The first-order chi connectivity index (χ1) is 16.1. The summed E-state index contributed by atoms with van der Waals surface area (Å²) in [4.78, 5) is 28.2. The third-order valence-electron chi connectivity index (χ3n) is 4.92. The molecule has 11 heteroatoms. The van der Waals surface area contributed by atoms with Crippen LogP contribution < -0.4 is 5.56 Å². The predicted molar refractivity (Wildman–Crippen MR) is 123 cm³/mol. The lowest BCUT2D eigenvalue weighted by Gasteiger charge is -2.12. The molecule has 3 rings (SSSR count). The van der Waals surface area contributed by atoms with Crippen molar-refractivity contribution < 1.29 is 22.7 Å². The number of halogens is 4. The van der Waals surface area contributed by atoms with Crippen LogP contribution in [-0.2, 0) is 11.2 Å². The number of H-pyrrole nitrogens is 2. The van der Waals surface area contributed by atoms with Crippen molar-refractivity contribution in [3.63, 3.8) is 0 Å². The molecule has 2 aromatic carbocycles. The number of carbonyl (C=O) groups is 1. The highest BCUT2D eigenvalue weighted by molar-refractivity contribution is 6.33. The van der Waals surface area contributed by atoms with Crippen molar-refractivity contribution in [2.24, 2.45) is 4.99 Å². The number of esters is 1. The Morgan fingerprint density at radius 3 is 2.32 bits per heavy atom. The Balaban J connectivity index is 1.77. The van der Waals surface area contributed by atoms with Crippen LogP contribution in [0.15, 0.2) is 58.3 Å². The first-order valence-electron chi connectivity index (χ1n) is 10.1. The van der Waals surface area contributed by atoms with E-state index in [4.69, 9.17) is 21.7 Å². The van der Waals surface area contributed by atoms with Crippen molar-refractivity contribution in [3.8, 4) is 0 Å². The third-order valence-corrected chi connectivity index (χ3v) is 5.24. The minimum absolute atomic E-state index is 0.0235. The molecular weight excluding hydrogens is 473 g/mol. The van der Waals surface area contributed by atoms with Crippen molar-refractivity contribution in [2.75, 3.05) is 6.61 Å². The molecule has 3 aromatic rings. The molecule has 0 radical (unpaired) electrons. The molecule has 1 heterocycles. The van der Waals surface area contributed by atoms with Gasteiger partial charge in [0.15, 0.2) is 0 Å². The van der Waals surface area contributed by atoms with Gasteiger partial charge in [0.25, 0.3) is 5.56 Å². The number of benzene rings is 2. The van der Waals surface area contributed by atoms with Gasteiger partial charge in [0.2, 0.25) is 0 Å². The van der Waals surface area contributed by atoms with Crippen molar-refractivity contribution in [1.82, 2.24) is 10.2 Å². The quantitative estimate of drug-likeness (QED) is 0.298. The van der Waals surface area contributed by atoms with E-state index in [-0.39, 0.29) is 40.6 Å². The zero-order valence-corrected chi connectivity index (χ0v) is 18.7. The number of aryl methyl sites for hydroxylation is 1. The van der Waals surface area contributed by atoms with Gasteiger partial charge in [-0.3, -0.25) is 14.9 Å². The summed E-state index contributed by atoms with van der Waals surface area (Å²) in [7, 11) is 0. The van der Waals surface area contributed by atoms with Gasteiger partial charge in [-0.1, -0.05) is 35.9 Å². The SMILES string of the molecule is Cc1[nH][nH]c(=O)c1CCOC(=O)c1ccc(C(CC(=N)C(F)(F)F)=Nc2ccccc2Cl)cc1. The lowest BCUT2D eigenvalue weighted by Crippen LogP contribution is -2.25. The standard InChI is InChI=1S/C23H20ClF3N4O3/c1-13-16(21(32)31-30-13)10-11-34-22(33)15-8-6-14(7-9-15)19(12-20(28)23(25,26)27)29-18-5-3-2-4-17(18)24/h2-9,28H,10-12H2,1H3,(H2,30,31,32). The summed E-state index contributed by atoms with van der Waals surface area (Å²) in [5, 5.41) is 12.7. The maximum Gasteiger partial charge on any atom is 0.429 e. The summed E-state index contributed by atoms with van der Waals surface area (Å²) < 4.78 is 44.2. The van der Waals surface area contributed by atoms with Crippen LogP contribution >= 0.6 is 11.6 Å². The highest BCUT2D eigenvalue weighted by Crippen LogP contribution is 2.27. The number of hydrogen-bond acceptors (Lipinski definition) is 5. The molecule has 0 aliphatic carbocycles. The molecule has 0 amide bonds. The van der Waals surface area contributed by atoms with Crippen molar-refractivity contribution in [2.45, 2.75) is 25.9 Å². The number of aromatic nitrogens is 2. The smallest absolute Gasteiger partial charge is 0.429 e. The number of nitrogens with zero attached hydrogens (tertiary/aromatic N) is 1. The topological polar surface area (TPSA) is 111 Å². The largest absolute Gasteiger partial charge is 0.462 e. The Morgan fingerprint density at radius 1 is 1.09 bits per heavy atom. The Bertz CT molecular complexity index is 1280. The molecule has 34 heavy (non-hydrogen) atoms. The second-order valence-electron chi connectivity index (χ2n) is 7.31. The number of ether oxygens (including phenoxy) is 1. The van der Waals surface area contributed by atoms with Crippen LogP contribution in [0.25, 0.3) is 0 Å². The fourth-order valence-corrected chi connectivity index (χ4v) is 3.24. The van der Waals surface area contributed by atoms with Crippen LogP contribution in [0, 0.1) is 12.3 Å². The van der Waals surface area contributed by atoms with Gasteiger partial charge >= 0.3 is 12.1 Å². The van der Waals surface area contributed by atoms with E-state index in [0.29, 0.717) is 16.8 Å². The summed E-state index contributed by atoms with van der Waals surface area (Å²) in [5.41, 5.74) is 0.0805. The van der Waals surface area contributed by atoms with Crippen molar-refractivity contribution in [1.29, 1.82) is 5.41 Å². The van der Waals surface area contributed by atoms with Crippen molar-refractivity contribution >= 4 is 34.7 Å². The van der Waals surface area contributed by atoms with Gasteiger partial charge in [0.1, 0.15) is 5.71 Å². The van der Waals surface area contributed by atoms with E-state index in [2.05, 4.69) is 15.2 Å². The minimum atomic E-state index is -4.80. The maximum absolute atomic E-state index is 13.0. The number of nitrogens with one attached hydrogen (secondary N) is 3. The summed E-state index contributed by atoms with van der Waals surface area (Å²) in [5.74, 6) is -0.649. The van der Waals surface area contributed by atoms with Gasteiger partial charge in [-0.2, -0.15) is 13.2 Å². The molecular formula is C23H20ClF3N4O3. The molecule has 0 spiro atoms. The van der Waals surface area contributed by atoms with Gasteiger partial charge in [-0.15, -0.1) is 0 Å². The lowest BCUT2D eigenvalue weighted by molar-refractivity contribution is -0.0605. The third kappa shape index (κ3) is 6.22. The fraction of sp³-hybridized carbons (Fsp3) is 0.217. The zero-order valence-electron chi connectivity index (χ0n) is 17.9. The molecule has 1 aromatic heterocycles. The number of aliphatic imine (C=N–C) groups is 1. The molecule has 0 saturated heterocycles. The average molecular weight is 493 g/mol. The monoisotopic (exact) mass is 492 g/mol. The molecule has 0 unspecified atom stereocenters. The van der Waals surface area contributed by atoms with E-state index in [1.165, 1.54) is 24.3 Å². The van der Waals surface area contributed by atoms with E-state index in [1.807, 2.05) is 0 Å². The predicted octanol–water partition coefficient (Wildman–Crippen LogP) is 5.16. The Morgan fingerprint density at radius 2 is 1.74 bits per heavy atom. The van der Waals surface area contributed by atoms with Gasteiger partial charge < -0.3 is 15.2 Å². The normalized spacial score (nSPS) is 12.0. The number of carbonyl (C=O) groups excluding carboxylic acids is 1. The van der Waals surface area contributed by atoms with E-state index in [9.17, 15) is 22.8 Å². The first-order valence-corrected chi connectivity index (χ1v) is 10.4. The Hall–Kier alpha value is -3.66. The first kappa shape index (κ1) is 25.0. The molecule has 0 aliphatic heterocycles. The number of rotatable bonds is 8. The van der Waals surface area contributed by atoms with Crippen molar-refractivity contribution in [3.05, 3.63) is 86.3 Å². The van der Waals surface area contributed by atoms with E-state index >= 15 is 0 Å². The molecule has 0 aliphatic rings. The van der Waals surface area contributed by atoms with Crippen LogP contribution in [0.2, 0.25) is 5.02 Å². The molecule has 0 bridgehead atoms. The van der Waals surface area contributed by atoms with Crippen LogP contribution in [0.5, 0.6) is 0 Å². The van der Waals surface area contributed by atoms with Crippen LogP contribution in [-0.4, -0.2) is 40.4 Å². The summed E-state index contributed by atoms with van der Waals surface area (Å²) >= 11 is 6.09. The van der Waals surface area contributed by atoms with E-state index in [0.717, 1.165) is 0 Å². The number of alkyl halides is 3. The van der Waals surface area contributed by atoms with E-state index < -0.39 is 24.3 Å². The second-order valence-corrected chi connectivity index (χ2v) is 7.72. The highest BCUT2D eigenvalue weighted by Gasteiger charge is 2.35. The number of para-hydroxylation sites is 1. The maximum atomic E-state index is 13.0. The lowest BCUT2D eigenvalue weighted by atomic mass is 10.0. The zero-order chi connectivity index (χ0) is 24.9. The molecule has 0 saturated carbocycles. The number of aromatic amines is 2. The van der Waals surface area contributed by atoms with Crippen LogP contribution in [0.4, 0.5) is 18.9 Å². The Labute approximate surface area is 197 Å². The van der Waals surface area contributed by atoms with E-state index in [1.54, 1.807) is 31.2 Å². The summed E-state index contributed by atoms with van der Waals surface area (Å²) in [6.07, 6.45) is -5.35. The highest BCUT2D eigenvalue weighted by atomic mass is 35.5. The Kier molecular flexibility index (Phi) is 7.72. The summed E-state index contributed by atoms with van der Waals surface area (Å²) in [6, 6.07) is 12.0. The second kappa shape index (κ2) is 10.5. The molecule has 0 atom stereocenters. The fourth-order valence-electron chi connectivity index (χ4n) is 3.06. The molecule has 178 valence electrons. The summed E-state index contributed by atoms with van der Waals surface area (Å²) in [6.45, 7) is 1.69. The van der Waals surface area contributed by atoms with Gasteiger partial charge in [-0.05, 0) is 36.8 Å². The molecule has 7 nitrogen and oxygen atoms in total. The van der Waals surface area contributed by atoms with Gasteiger partial charge in [0, 0.05) is 24.1 Å². The number of hydrogen-bond donors (Lipinski definition) is 3.